The molecule has 0 aromatic heterocycles. The first-order chi connectivity index (χ1) is 8.63. The number of fused-ring (bicyclic) bond motifs is 2. The molecule has 1 aromatic rings. The van der Waals surface area contributed by atoms with E-state index in [1.54, 1.807) is 12.1 Å². The molecular formula is C15H19ClFN. The van der Waals surface area contributed by atoms with Crippen LogP contribution in [0.25, 0.3) is 0 Å². The number of halogens is 2. The van der Waals surface area contributed by atoms with E-state index in [9.17, 15) is 4.39 Å². The van der Waals surface area contributed by atoms with Crippen LogP contribution in [-0.4, -0.2) is 22.4 Å². The van der Waals surface area contributed by atoms with Gasteiger partial charge >= 0.3 is 0 Å². The zero-order chi connectivity index (χ0) is 12.7. The summed E-state index contributed by atoms with van der Waals surface area (Å²) in [5.41, 5.74) is 2.31. The molecule has 2 fully saturated rings. The van der Waals surface area contributed by atoms with Crippen molar-refractivity contribution in [3.8, 4) is 0 Å². The lowest BCUT2D eigenvalue weighted by Crippen LogP contribution is -2.42. The maximum atomic E-state index is 13.3. The van der Waals surface area contributed by atoms with Crippen molar-refractivity contribution in [3.63, 3.8) is 0 Å². The molecule has 2 aliphatic heterocycles. The third-order valence-electron chi connectivity index (χ3n) is 4.49. The van der Waals surface area contributed by atoms with Crippen molar-refractivity contribution in [1.82, 2.24) is 4.90 Å². The summed E-state index contributed by atoms with van der Waals surface area (Å²) in [6.45, 7) is 2.94. The fourth-order valence-corrected chi connectivity index (χ4v) is 3.88. The lowest BCUT2D eigenvalue weighted by Gasteiger charge is -2.37. The molecule has 0 aliphatic carbocycles. The molecule has 1 nitrogen and oxygen atoms in total. The average molecular weight is 268 g/mol. The highest BCUT2D eigenvalue weighted by atomic mass is 35.5. The van der Waals surface area contributed by atoms with E-state index >= 15 is 0 Å². The maximum absolute atomic E-state index is 13.3. The highest BCUT2D eigenvalue weighted by Gasteiger charge is 2.39. The van der Waals surface area contributed by atoms with Gasteiger partial charge in [0.05, 0.1) is 0 Å². The third-order valence-corrected chi connectivity index (χ3v) is 4.85. The lowest BCUT2D eigenvalue weighted by molar-refractivity contribution is 0.134. The van der Waals surface area contributed by atoms with Crippen LogP contribution < -0.4 is 0 Å². The highest BCUT2D eigenvalue weighted by Crippen LogP contribution is 2.38. The van der Waals surface area contributed by atoms with Crippen LogP contribution in [0.3, 0.4) is 0 Å². The van der Waals surface area contributed by atoms with E-state index in [1.165, 1.54) is 18.4 Å². The topological polar surface area (TPSA) is 3.24 Å². The Morgan fingerprint density at radius 2 is 1.94 bits per heavy atom. The second-order valence-electron chi connectivity index (χ2n) is 5.70. The van der Waals surface area contributed by atoms with Crippen LogP contribution in [-0.2, 0) is 6.54 Å². The Bertz CT molecular complexity index is 434. The van der Waals surface area contributed by atoms with Crippen molar-refractivity contribution in [1.29, 1.82) is 0 Å². The summed E-state index contributed by atoms with van der Waals surface area (Å²) in [5.74, 6) is -0.129. The molecule has 1 aromatic carbocycles. The fraction of sp³-hybridized carbons (Fsp3) is 0.600. The number of rotatable bonds is 2. The summed E-state index contributed by atoms with van der Waals surface area (Å²) in [5, 5.41) is 0.340. The van der Waals surface area contributed by atoms with Gasteiger partial charge in [0, 0.05) is 24.0 Å². The van der Waals surface area contributed by atoms with Crippen molar-refractivity contribution in [2.75, 3.05) is 0 Å². The molecule has 3 rings (SSSR count). The monoisotopic (exact) mass is 267 g/mol. The second kappa shape index (κ2) is 4.82. The molecule has 2 aliphatic rings. The van der Waals surface area contributed by atoms with Gasteiger partial charge in [0.1, 0.15) is 5.82 Å². The van der Waals surface area contributed by atoms with E-state index in [2.05, 4.69) is 11.8 Å². The van der Waals surface area contributed by atoms with Crippen LogP contribution in [0.15, 0.2) is 18.2 Å². The van der Waals surface area contributed by atoms with Gasteiger partial charge in [-0.15, -0.1) is 11.6 Å². The SMILES string of the molecule is Cc1ccc(F)cc1CN1C2CCC1CC(Cl)C2. The Morgan fingerprint density at radius 3 is 2.61 bits per heavy atom. The number of aryl methyl sites for hydroxylation is 1. The number of piperidine rings is 1. The van der Waals surface area contributed by atoms with Crippen molar-refractivity contribution < 1.29 is 4.39 Å². The number of hydrogen-bond acceptors (Lipinski definition) is 1. The Balaban J connectivity index is 1.79. The maximum Gasteiger partial charge on any atom is 0.123 e. The molecule has 2 bridgehead atoms. The van der Waals surface area contributed by atoms with Gasteiger partial charge in [-0.25, -0.2) is 4.39 Å². The third kappa shape index (κ3) is 2.28. The quantitative estimate of drug-likeness (QED) is 0.736. The number of hydrogen-bond donors (Lipinski definition) is 0. The smallest absolute Gasteiger partial charge is 0.123 e. The molecule has 2 saturated heterocycles. The molecule has 2 heterocycles. The van der Waals surface area contributed by atoms with Gasteiger partial charge in [-0.1, -0.05) is 6.07 Å². The van der Waals surface area contributed by atoms with Crippen molar-refractivity contribution in [3.05, 3.63) is 35.1 Å². The minimum atomic E-state index is -0.129. The summed E-state index contributed by atoms with van der Waals surface area (Å²) in [4.78, 5) is 2.54. The summed E-state index contributed by atoms with van der Waals surface area (Å²) in [7, 11) is 0. The van der Waals surface area contributed by atoms with Gasteiger partial charge in [0.25, 0.3) is 0 Å². The first-order valence-electron chi connectivity index (χ1n) is 6.78. The molecule has 98 valence electrons. The van der Waals surface area contributed by atoms with Gasteiger partial charge < -0.3 is 0 Å². The van der Waals surface area contributed by atoms with Crippen LogP contribution in [0.2, 0.25) is 0 Å². The first-order valence-corrected chi connectivity index (χ1v) is 7.22. The summed E-state index contributed by atoms with van der Waals surface area (Å²) in [6.07, 6.45) is 4.68. The van der Waals surface area contributed by atoms with Gasteiger partial charge in [-0.05, 0) is 55.9 Å². The van der Waals surface area contributed by atoms with Gasteiger partial charge in [0.2, 0.25) is 0 Å². The van der Waals surface area contributed by atoms with Crippen LogP contribution in [0.5, 0.6) is 0 Å². The van der Waals surface area contributed by atoms with Crippen LogP contribution >= 0.6 is 11.6 Å². The van der Waals surface area contributed by atoms with Crippen molar-refractivity contribution in [2.45, 2.75) is 56.6 Å². The Hall–Kier alpha value is -0.600. The standard InChI is InChI=1S/C15H19ClFN/c1-10-2-3-13(17)6-11(10)9-18-14-4-5-15(18)8-12(16)7-14/h2-3,6,12,14-15H,4-5,7-9H2,1H3. The molecular weight excluding hydrogens is 249 g/mol. The van der Waals surface area contributed by atoms with E-state index < -0.39 is 0 Å². The molecule has 2 unspecified atom stereocenters. The molecule has 0 amide bonds. The second-order valence-corrected chi connectivity index (χ2v) is 6.31. The normalized spacial score (nSPS) is 31.8. The van der Waals surface area contributed by atoms with Crippen LogP contribution in [0.1, 0.15) is 36.8 Å². The Kier molecular flexibility index (Phi) is 3.33. The van der Waals surface area contributed by atoms with Crippen molar-refractivity contribution in [2.24, 2.45) is 0 Å². The lowest BCUT2D eigenvalue weighted by atomic mass is 10.00. The van der Waals surface area contributed by atoms with Crippen molar-refractivity contribution >= 4 is 11.6 Å². The minimum Gasteiger partial charge on any atom is -0.293 e. The van der Waals surface area contributed by atoms with Gasteiger partial charge in [-0.2, -0.15) is 0 Å². The molecule has 3 heteroatoms. The number of nitrogens with zero attached hydrogens (tertiary/aromatic N) is 1. The molecule has 0 N–H and O–H groups in total. The Labute approximate surface area is 113 Å². The first kappa shape index (κ1) is 12.4. The molecule has 0 radical (unpaired) electrons. The number of benzene rings is 1. The van der Waals surface area contributed by atoms with E-state index in [1.807, 2.05) is 6.07 Å². The van der Waals surface area contributed by atoms with E-state index in [0.29, 0.717) is 17.5 Å². The molecule has 0 spiro atoms. The zero-order valence-corrected chi connectivity index (χ0v) is 11.5. The largest absolute Gasteiger partial charge is 0.293 e. The summed E-state index contributed by atoms with van der Waals surface area (Å²) >= 11 is 6.28. The van der Waals surface area contributed by atoms with E-state index in [4.69, 9.17) is 11.6 Å². The predicted octanol–water partition coefficient (Wildman–Crippen LogP) is 3.87. The zero-order valence-electron chi connectivity index (χ0n) is 10.7. The van der Waals surface area contributed by atoms with Gasteiger partial charge in [-0.3, -0.25) is 4.90 Å². The average Bonchev–Trinajstić information content (AvgIpc) is 2.57. The van der Waals surface area contributed by atoms with Gasteiger partial charge in [0.15, 0.2) is 0 Å². The van der Waals surface area contributed by atoms with Crippen LogP contribution in [0, 0.1) is 12.7 Å². The summed E-state index contributed by atoms with van der Waals surface area (Å²) in [6, 6.07) is 6.31. The van der Waals surface area contributed by atoms with E-state index in [0.717, 1.165) is 24.9 Å². The minimum absolute atomic E-state index is 0.129. The Morgan fingerprint density at radius 1 is 1.28 bits per heavy atom. The predicted molar refractivity (Wildman–Crippen MR) is 72.4 cm³/mol. The molecule has 2 atom stereocenters. The fourth-order valence-electron chi connectivity index (χ4n) is 3.47. The highest BCUT2D eigenvalue weighted by molar-refractivity contribution is 6.20. The summed E-state index contributed by atoms with van der Waals surface area (Å²) < 4.78 is 13.3. The molecule has 18 heavy (non-hydrogen) atoms. The van der Waals surface area contributed by atoms with Crippen LogP contribution in [0.4, 0.5) is 4.39 Å². The number of alkyl halides is 1. The van der Waals surface area contributed by atoms with E-state index in [-0.39, 0.29) is 5.82 Å². The molecule has 0 saturated carbocycles.